The average molecular weight is 293 g/mol. The highest BCUT2D eigenvalue weighted by molar-refractivity contribution is 5.89. The van der Waals surface area contributed by atoms with E-state index in [0.29, 0.717) is 19.0 Å². The molecule has 5 heteroatoms. The average Bonchev–Trinajstić information content (AvgIpc) is 2.46. The van der Waals surface area contributed by atoms with Crippen LogP contribution in [0, 0.1) is 20.8 Å². The number of carbonyl (C=O) groups excluding carboxylic acids is 1. The number of ether oxygens (including phenoxy) is 1. The van der Waals surface area contributed by atoms with Gasteiger partial charge in [0.2, 0.25) is 0 Å². The normalized spacial score (nSPS) is 10.3. The molecular weight excluding hydrogens is 266 g/mol. The maximum absolute atomic E-state index is 11.7. The molecule has 0 bridgehead atoms. The van der Waals surface area contributed by atoms with Crippen molar-refractivity contribution in [2.45, 2.75) is 53.9 Å². The number of pyridine rings is 1. The molecule has 0 aliphatic carbocycles. The molecule has 21 heavy (non-hydrogen) atoms. The third kappa shape index (κ3) is 4.92. The molecule has 2 amide bonds. The van der Waals surface area contributed by atoms with E-state index < -0.39 is 0 Å². The lowest BCUT2D eigenvalue weighted by Gasteiger charge is -2.17. The van der Waals surface area contributed by atoms with Gasteiger partial charge in [-0.05, 0) is 44.7 Å². The summed E-state index contributed by atoms with van der Waals surface area (Å²) in [5, 5.41) is 5.59. The van der Waals surface area contributed by atoms with E-state index in [2.05, 4.69) is 22.5 Å². The summed E-state index contributed by atoms with van der Waals surface area (Å²) in [6, 6.07) is -0.217. The quantitative estimate of drug-likeness (QED) is 0.753. The third-order valence-corrected chi connectivity index (χ3v) is 3.38. The zero-order valence-electron chi connectivity index (χ0n) is 13.8. The van der Waals surface area contributed by atoms with Crippen molar-refractivity contribution >= 4 is 11.8 Å². The van der Waals surface area contributed by atoms with Crippen molar-refractivity contribution in [1.29, 1.82) is 0 Å². The molecule has 1 aromatic heterocycles. The Kier molecular flexibility index (Phi) is 6.99. The first-order chi connectivity index (χ1) is 10.0. The molecule has 0 saturated carbocycles. The van der Waals surface area contributed by atoms with Crippen molar-refractivity contribution in [1.82, 2.24) is 10.3 Å². The number of nitrogens with zero attached hydrogens (tertiary/aromatic N) is 1. The van der Waals surface area contributed by atoms with Crippen LogP contribution in [0.25, 0.3) is 0 Å². The van der Waals surface area contributed by atoms with Gasteiger partial charge in [0, 0.05) is 6.54 Å². The summed E-state index contributed by atoms with van der Waals surface area (Å²) in [5.41, 5.74) is 2.78. The van der Waals surface area contributed by atoms with Gasteiger partial charge < -0.3 is 10.1 Å². The summed E-state index contributed by atoms with van der Waals surface area (Å²) in [4.78, 5) is 16.2. The van der Waals surface area contributed by atoms with Crippen LogP contribution in [0.15, 0.2) is 0 Å². The molecule has 0 spiro atoms. The lowest BCUT2D eigenvalue weighted by molar-refractivity contribution is 0.252. The maximum atomic E-state index is 11.7. The van der Waals surface area contributed by atoms with Crippen LogP contribution in [0.4, 0.5) is 10.6 Å². The van der Waals surface area contributed by atoms with Gasteiger partial charge in [0.15, 0.2) is 0 Å². The number of rotatable bonds is 7. The molecule has 0 aliphatic heterocycles. The Morgan fingerprint density at radius 1 is 1.14 bits per heavy atom. The molecule has 118 valence electrons. The molecule has 1 heterocycles. The molecule has 0 aromatic carbocycles. The Balaban J connectivity index is 2.86. The predicted octanol–water partition coefficient (Wildman–Crippen LogP) is 3.72. The summed E-state index contributed by atoms with van der Waals surface area (Å²) < 4.78 is 5.82. The molecule has 0 radical (unpaired) electrons. The SMILES string of the molecule is CCCCOc1c(C)nc(NC(=O)NCCC)c(C)c1C. The minimum Gasteiger partial charge on any atom is -0.491 e. The molecule has 1 aromatic rings. The van der Waals surface area contributed by atoms with Gasteiger partial charge in [-0.15, -0.1) is 0 Å². The van der Waals surface area contributed by atoms with Crippen molar-refractivity contribution in [2.75, 3.05) is 18.5 Å². The van der Waals surface area contributed by atoms with Crippen LogP contribution in [-0.2, 0) is 0 Å². The van der Waals surface area contributed by atoms with Crippen molar-refractivity contribution in [3.05, 3.63) is 16.8 Å². The topological polar surface area (TPSA) is 63.2 Å². The number of aromatic nitrogens is 1. The zero-order valence-corrected chi connectivity index (χ0v) is 13.8. The number of anilines is 1. The second kappa shape index (κ2) is 8.49. The number of carbonyl (C=O) groups is 1. The fourth-order valence-electron chi connectivity index (χ4n) is 1.96. The van der Waals surface area contributed by atoms with Crippen LogP contribution in [0.2, 0.25) is 0 Å². The standard InChI is InChI=1S/C16H27N3O2/c1-6-8-10-21-14-11(3)12(4)15(18-13(14)5)19-16(20)17-9-7-2/h6-10H2,1-5H3,(H2,17,18,19,20). The van der Waals surface area contributed by atoms with Crippen molar-refractivity contribution in [3.8, 4) is 5.75 Å². The minimum absolute atomic E-state index is 0.217. The molecule has 5 nitrogen and oxygen atoms in total. The van der Waals surface area contributed by atoms with Crippen molar-refractivity contribution in [2.24, 2.45) is 0 Å². The number of hydrogen-bond donors (Lipinski definition) is 2. The van der Waals surface area contributed by atoms with Crippen LogP contribution in [0.1, 0.15) is 49.9 Å². The van der Waals surface area contributed by atoms with Gasteiger partial charge in [-0.2, -0.15) is 0 Å². The fraction of sp³-hybridized carbons (Fsp3) is 0.625. The molecule has 0 fully saturated rings. The summed E-state index contributed by atoms with van der Waals surface area (Å²) in [6.45, 7) is 11.4. The Hall–Kier alpha value is -1.78. The van der Waals surface area contributed by atoms with E-state index in [1.165, 1.54) is 0 Å². The van der Waals surface area contributed by atoms with E-state index in [0.717, 1.165) is 41.8 Å². The van der Waals surface area contributed by atoms with E-state index in [-0.39, 0.29) is 6.03 Å². The number of unbranched alkanes of at least 4 members (excludes halogenated alkanes) is 1. The summed E-state index contributed by atoms with van der Waals surface area (Å²) in [5.74, 6) is 1.43. The number of aryl methyl sites for hydroxylation is 1. The van der Waals surface area contributed by atoms with Crippen molar-refractivity contribution < 1.29 is 9.53 Å². The van der Waals surface area contributed by atoms with Crippen LogP contribution < -0.4 is 15.4 Å². The Morgan fingerprint density at radius 3 is 2.48 bits per heavy atom. The monoisotopic (exact) mass is 293 g/mol. The van der Waals surface area contributed by atoms with Gasteiger partial charge in [0.1, 0.15) is 11.6 Å². The third-order valence-electron chi connectivity index (χ3n) is 3.38. The van der Waals surface area contributed by atoms with Gasteiger partial charge >= 0.3 is 6.03 Å². The number of urea groups is 1. The molecule has 0 aliphatic rings. The molecule has 2 N–H and O–H groups in total. The van der Waals surface area contributed by atoms with E-state index in [1.807, 2.05) is 27.7 Å². The van der Waals surface area contributed by atoms with Crippen molar-refractivity contribution in [3.63, 3.8) is 0 Å². The summed E-state index contributed by atoms with van der Waals surface area (Å²) in [7, 11) is 0. The smallest absolute Gasteiger partial charge is 0.320 e. The predicted molar refractivity (Wildman–Crippen MR) is 86.2 cm³/mol. The molecule has 0 unspecified atom stereocenters. The zero-order chi connectivity index (χ0) is 15.8. The Bertz CT molecular complexity index is 487. The lowest BCUT2D eigenvalue weighted by Crippen LogP contribution is -2.30. The van der Waals surface area contributed by atoms with Crippen LogP contribution >= 0.6 is 0 Å². The van der Waals surface area contributed by atoms with Gasteiger partial charge in [-0.25, -0.2) is 9.78 Å². The van der Waals surface area contributed by atoms with Gasteiger partial charge in [0.25, 0.3) is 0 Å². The Labute approximate surface area is 127 Å². The first kappa shape index (κ1) is 17.3. The largest absolute Gasteiger partial charge is 0.491 e. The molecule has 1 rings (SSSR count). The minimum atomic E-state index is -0.217. The highest BCUT2D eigenvalue weighted by Crippen LogP contribution is 2.29. The molecular formula is C16H27N3O2. The van der Waals surface area contributed by atoms with Crippen LogP contribution in [-0.4, -0.2) is 24.2 Å². The van der Waals surface area contributed by atoms with Gasteiger partial charge in [-0.1, -0.05) is 20.3 Å². The molecule has 0 saturated heterocycles. The van der Waals surface area contributed by atoms with E-state index in [9.17, 15) is 4.79 Å². The van der Waals surface area contributed by atoms with Crippen LogP contribution in [0.5, 0.6) is 5.75 Å². The fourth-order valence-corrected chi connectivity index (χ4v) is 1.96. The molecule has 0 atom stereocenters. The second-order valence-electron chi connectivity index (χ2n) is 5.21. The first-order valence-corrected chi connectivity index (χ1v) is 7.66. The van der Waals surface area contributed by atoms with Gasteiger partial charge in [-0.3, -0.25) is 5.32 Å². The van der Waals surface area contributed by atoms with Gasteiger partial charge in [0.05, 0.1) is 12.3 Å². The van der Waals surface area contributed by atoms with E-state index in [1.54, 1.807) is 0 Å². The highest BCUT2D eigenvalue weighted by Gasteiger charge is 2.14. The number of nitrogens with one attached hydrogen (secondary N) is 2. The lowest BCUT2D eigenvalue weighted by atomic mass is 10.1. The summed E-state index contributed by atoms with van der Waals surface area (Å²) in [6.07, 6.45) is 3.03. The maximum Gasteiger partial charge on any atom is 0.320 e. The summed E-state index contributed by atoms with van der Waals surface area (Å²) >= 11 is 0. The van der Waals surface area contributed by atoms with E-state index >= 15 is 0 Å². The first-order valence-electron chi connectivity index (χ1n) is 7.66. The number of hydrogen-bond acceptors (Lipinski definition) is 3. The Morgan fingerprint density at radius 2 is 1.86 bits per heavy atom. The van der Waals surface area contributed by atoms with Crippen LogP contribution in [0.3, 0.4) is 0 Å². The van der Waals surface area contributed by atoms with E-state index in [4.69, 9.17) is 4.74 Å². The number of amides is 2. The second-order valence-corrected chi connectivity index (χ2v) is 5.21. The highest BCUT2D eigenvalue weighted by atomic mass is 16.5.